The number of benzene rings is 1. The third kappa shape index (κ3) is 1.78. The molecule has 1 spiro atoms. The number of nitrogens with zero attached hydrogens (tertiary/aromatic N) is 2. The minimum atomic E-state index is -1.19. The van der Waals surface area contributed by atoms with Gasteiger partial charge in [0.25, 0.3) is 0 Å². The summed E-state index contributed by atoms with van der Waals surface area (Å²) in [5.74, 6) is 0.601. The van der Waals surface area contributed by atoms with E-state index in [-0.39, 0.29) is 11.3 Å². The number of rotatable bonds is 1. The Morgan fingerprint density at radius 3 is 2.88 bits per heavy atom. The molecule has 5 rings (SSSR count). The van der Waals surface area contributed by atoms with E-state index in [0.29, 0.717) is 11.3 Å². The number of amides is 1. The largest absolute Gasteiger partial charge is 0.369 e. The summed E-state index contributed by atoms with van der Waals surface area (Å²) in [6.07, 6.45) is 4.04. The average Bonchev–Trinajstić information content (AvgIpc) is 3.22. The molecule has 5 nitrogen and oxygen atoms in total. The van der Waals surface area contributed by atoms with E-state index in [1.54, 1.807) is 13.1 Å². The van der Waals surface area contributed by atoms with Gasteiger partial charge in [-0.15, -0.1) is 0 Å². The molecule has 1 aromatic carbocycles. The molecule has 3 aliphatic rings. The van der Waals surface area contributed by atoms with Crippen molar-refractivity contribution in [3.05, 3.63) is 52.0 Å². The van der Waals surface area contributed by atoms with E-state index in [0.717, 1.165) is 46.9 Å². The summed E-state index contributed by atoms with van der Waals surface area (Å²) in [6.45, 7) is 10.0. The van der Waals surface area contributed by atoms with Gasteiger partial charge in [0.1, 0.15) is 5.82 Å². The first-order valence-electron chi connectivity index (χ1n) is 8.26. The van der Waals surface area contributed by atoms with E-state index >= 15 is 0 Å². The fourth-order valence-electron chi connectivity index (χ4n) is 3.93. The molecule has 25 heavy (non-hydrogen) atoms. The molecule has 0 bridgehead atoms. The third-order valence-corrected chi connectivity index (χ3v) is 6.16. The molecule has 1 aromatic heterocycles. The van der Waals surface area contributed by atoms with Crippen LogP contribution in [-0.4, -0.2) is 17.4 Å². The highest BCUT2D eigenvalue weighted by Crippen LogP contribution is 2.57. The Morgan fingerprint density at radius 2 is 2.16 bits per heavy atom. The van der Waals surface area contributed by atoms with Gasteiger partial charge < -0.3 is 10.6 Å². The van der Waals surface area contributed by atoms with E-state index in [1.807, 2.05) is 18.2 Å². The summed E-state index contributed by atoms with van der Waals surface area (Å²) < 4.78 is 0. The van der Waals surface area contributed by atoms with Gasteiger partial charge in [-0.05, 0) is 30.5 Å². The lowest BCUT2D eigenvalue weighted by Gasteiger charge is -2.14. The molecule has 6 heteroatoms. The van der Waals surface area contributed by atoms with Crippen LogP contribution in [0.25, 0.3) is 16.0 Å². The molecule has 0 saturated heterocycles. The van der Waals surface area contributed by atoms with Crippen LogP contribution in [0.1, 0.15) is 30.9 Å². The zero-order valence-electron chi connectivity index (χ0n) is 13.6. The number of halogens is 1. The minimum absolute atomic E-state index is 0.148. The number of nitrogens with one attached hydrogen (secondary N) is 2. The predicted molar refractivity (Wildman–Crippen MR) is 96.7 cm³/mol. The monoisotopic (exact) mass is 350 g/mol. The number of anilines is 2. The van der Waals surface area contributed by atoms with Crippen molar-refractivity contribution in [1.82, 2.24) is 4.98 Å². The summed E-state index contributed by atoms with van der Waals surface area (Å²) in [7, 11) is 0. The van der Waals surface area contributed by atoms with Gasteiger partial charge in [0.15, 0.2) is 0 Å². The molecule has 1 atom stereocenters. The van der Waals surface area contributed by atoms with Crippen LogP contribution < -0.4 is 10.6 Å². The van der Waals surface area contributed by atoms with Crippen LogP contribution in [0.3, 0.4) is 0 Å². The zero-order chi connectivity index (χ0) is 17.4. The fourth-order valence-corrected chi connectivity index (χ4v) is 4.38. The second-order valence-electron chi connectivity index (χ2n) is 7.24. The van der Waals surface area contributed by atoms with Gasteiger partial charge >= 0.3 is 11.4 Å². The number of pyridine rings is 1. The van der Waals surface area contributed by atoms with E-state index in [2.05, 4.69) is 20.5 Å². The zero-order valence-corrected chi connectivity index (χ0v) is 14.4. The fraction of sp³-hybridized carbons (Fsp3) is 0.316. The average molecular weight is 351 g/mol. The van der Waals surface area contributed by atoms with E-state index < -0.39 is 5.54 Å². The number of carbonyl (C=O) groups is 1. The Balaban J connectivity index is 1.68. The Morgan fingerprint density at radius 1 is 1.36 bits per heavy atom. The third-order valence-electron chi connectivity index (χ3n) is 5.76. The lowest BCUT2D eigenvalue weighted by atomic mass is 9.91. The van der Waals surface area contributed by atoms with Gasteiger partial charge in [0.05, 0.1) is 16.3 Å². The van der Waals surface area contributed by atoms with E-state index in [4.69, 9.17) is 18.2 Å². The first-order valence-corrected chi connectivity index (χ1v) is 8.64. The maximum atomic E-state index is 12.2. The first kappa shape index (κ1) is 14.7. The molecule has 2 aliphatic heterocycles. The molecule has 1 unspecified atom stereocenters. The highest BCUT2D eigenvalue weighted by molar-refractivity contribution is 6.34. The maximum absolute atomic E-state index is 12.2. The molecule has 1 fully saturated rings. The van der Waals surface area contributed by atoms with E-state index in [1.165, 1.54) is 0 Å². The van der Waals surface area contributed by atoms with Gasteiger partial charge in [-0.2, -0.15) is 0 Å². The number of carbonyl (C=O) groups excluding carboxylic acids is 1. The van der Waals surface area contributed by atoms with Gasteiger partial charge in [-0.1, -0.05) is 17.7 Å². The summed E-state index contributed by atoms with van der Waals surface area (Å²) in [4.78, 5) is 20.3. The molecule has 2 N–H and O–H groups in total. The van der Waals surface area contributed by atoms with Crippen LogP contribution >= 0.6 is 11.6 Å². The second kappa shape index (κ2) is 4.53. The molecular formula is C19H15ClN4O. The summed E-state index contributed by atoms with van der Waals surface area (Å²) in [6, 6.07) is 5.66. The van der Waals surface area contributed by atoms with Crippen molar-refractivity contribution >= 4 is 29.0 Å². The molecule has 2 aromatic rings. The lowest BCUT2D eigenvalue weighted by Crippen LogP contribution is -2.26. The van der Waals surface area contributed by atoms with Crippen molar-refractivity contribution in [2.75, 3.05) is 17.2 Å². The lowest BCUT2D eigenvalue weighted by molar-refractivity contribution is -0.118. The molecule has 1 aliphatic carbocycles. The molecule has 3 heterocycles. The topological polar surface area (TPSA) is 58.4 Å². The summed E-state index contributed by atoms with van der Waals surface area (Å²) in [5, 5.41) is 6.87. The molecule has 124 valence electrons. The predicted octanol–water partition coefficient (Wildman–Crippen LogP) is 3.95. The summed E-state index contributed by atoms with van der Waals surface area (Å²) in [5.41, 5.74) is 3.20. The van der Waals surface area contributed by atoms with Crippen molar-refractivity contribution < 1.29 is 4.79 Å². The minimum Gasteiger partial charge on any atom is -0.369 e. The molecule has 1 saturated carbocycles. The van der Waals surface area contributed by atoms with Crippen LogP contribution in [0.2, 0.25) is 5.02 Å². The number of hydrogen-bond acceptors (Lipinski definition) is 3. The first-order chi connectivity index (χ1) is 12.0. The smallest absolute Gasteiger partial charge is 0.333 e. The van der Waals surface area contributed by atoms with Crippen LogP contribution in [0, 0.1) is 6.57 Å². The van der Waals surface area contributed by atoms with Crippen molar-refractivity contribution in [3.63, 3.8) is 0 Å². The van der Waals surface area contributed by atoms with Gasteiger partial charge in [-0.25, -0.2) is 11.6 Å². The van der Waals surface area contributed by atoms with Gasteiger partial charge in [-0.3, -0.25) is 9.64 Å². The van der Waals surface area contributed by atoms with Gasteiger partial charge in [0.2, 0.25) is 0 Å². The SMILES string of the molecule is [C-]#[N+]C1(C)C(=O)Nc2ccc(-c3cnc4c(c3Cl)C3(CC3)CN4)cc21. The maximum Gasteiger partial charge on any atom is 0.333 e. The van der Waals surface area contributed by atoms with Crippen LogP contribution in [0.4, 0.5) is 11.5 Å². The number of hydrogen-bond donors (Lipinski definition) is 2. The van der Waals surface area contributed by atoms with Crippen LogP contribution in [-0.2, 0) is 15.7 Å². The Hall–Kier alpha value is -2.58. The molecule has 1 amide bonds. The Kier molecular flexibility index (Phi) is 2.67. The standard InChI is InChI=1S/C19H15ClN4O/c1-18(21-2)12-7-10(3-4-13(12)24-17(18)25)11-8-22-16-14(15(11)20)19(5-6-19)9-23-16/h3-4,7-8H,5-6,9H2,1H3,(H,22,23)(H,24,25). The normalized spacial score (nSPS) is 24.3. The van der Waals surface area contributed by atoms with Crippen LogP contribution in [0.5, 0.6) is 0 Å². The second-order valence-corrected chi connectivity index (χ2v) is 7.62. The van der Waals surface area contributed by atoms with Crippen molar-refractivity contribution in [2.24, 2.45) is 0 Å². The highest BCUT2D eigenvalue weighted by Gasteiger charge is 2.52. The van der Waals surface area contributed by atoms with Crippen molar-refractivity contribution in [2.45, 2.75) is 30.7 Å². The van der Waals surface area contributed by atoms with Gasteiger partial charge in [0, 0.05) is 36.2 Å². The molecule has 0 radical (unpaired) electrons. The Labute approximate surface area is 150 Å². The van der Waals surface area contributed by atoms with Crippen LogP contribution in [0.15, 0.2) is 24.4 Å². The van der Waals surface area contributed by atoms with Crippen molar-refractivity contribution in [3.8, 4) is 11.1 Å². The quantitative estimate of drug-likeness (QED) is 0.766. The molecular weight excluding hydrogens is 336 g/mol. The summed E-state index contributed by atoms with van der Waals surface area (Å²) >= 11 is 6.77. The number of aromatic nitrogens is 1. The van der Waals surface area contributed by atoms with Crippen molar-refractivity contribution in [1.29, 1.82) is 0 Å². The van der Waals surface area contributed by atoms with E-state index in [9.17, 15) is 4.79 Å². The number of fused-ring (bicyclic) bond motifs is 3. The Bertz CT molecular complexity index is 1010. The highest BCUT2D eigenvalue weighted by atomic mass is 35.5.